The van der Waals surface area contributed by atoms with E-state index in [2.05, 4.69) is 4.74 Å². The summed E-state index contributed by atoms with van der Waals surface area (Å²) in [5.41, 5.74) is 0. The Morgan fingerprint density at radius 1 is 1.50 bits per heavy atom. The Bertz CT molecular complexity index is 200. The summed E-state index contributed by atoms with van der Waals surface area (Å²) >= 11 is 0. The minimum Gasteiger partial charge on any atom is -0.300 e. The van der Waals surface area contributed by atoms with Gasteiger partial charge in [0.25, 0.3) is 0 Å². The molecule has 0 bridgehead atoms. The minimum atomic E-state index is -4.57. The number of likely N-dealkylation sites (N-methyl/N-ethyl adjacent to an activating group) is 1. The lowest BCUT2D eigenvalue weighted by Crippen LogP contribution is -2.33. The largest absolute Gasteiger partial charge is 0.522 e. The molecule has 0 rings (SSSR count). The summed E-state index contributed by atoms with van der Waals surface area (Å²) in [6.07, 6.45) is -4.28. The molecule has 0 fully saturated rings. The number of nitrogens with zero attached hydrogens (tertiary/aromatic N) is 2. The standard InChI is InChI=1S/C8H13F3N2O/c1-7(3-4-12)13(2)5-6-14-8(9,10)11/h7H,3,5-6H2,1-2H3. The molecule has 6 heteroatoms. The van der Waals surface area contributed by atoms with E-state index in [0.717, 1.165) is 0 Å². The minimum absolute atomic E-state index is 0.0585. The molecule has 1 atom stereocenters. The van der Waals surface area contributed by atoms with Crippen LogP contribution >= 0.6 is 0 Å². The molecular formula is C8H13F3N2O. The van der Waals surface area contributed by atoms with Crippen molar-refractivity contribution < 1.29 is 17.9 Å². The first-order valence-electron chi connectivity index (χ1n) is 4.14. The first-order chi connectivity index (χ1) is 6.37. The van der Waals surface area contributed by atoms with Crippen LogP contribution in [0.1, 0.15) is 13.3 Å². The molecule has 0 aromatic rings. The van der Waals surface area contributed by atoms with Crippen molar-refractivity contribution in [3.8, 4) is 6.07 Å². The zero-order valence-electron chi connectivity index (χ0n) is 8.14. The summed E-state index contributed by atoms with van der Waals surface area (Å²) in [5.74, 6) is 0. The van der Waals surface area contributed by atoms with E-state index in [-0.39, 0.29) is 12.6 Å². The topological polar surface area (TPSA) is 36.3 Å². The van der Waals surface area contributed by atoms with Gasteiger partial charge in [-0.05, 0) is 14.0 Å². The SMILES string of the molecule is CC(CC#N)N(C)CCOC(F)(F)F. The first-order valence-corrected chi connectivity index (χ1v) is 4.14. The van der Waals surface area contributed by atoms with Crippen LogP contribution < -0.4 is 0 Å². The number of hydrogen-bond donors (Lipinski definition) is 0. The Labute approximate surface area is 81.1 Å². The third-order valence-corrected chi connectivity index (χ3v) is 1.85. The normalized spacial score (nSPS) is 14.1. The fraction of sp³-hybridized carbons (Fsp3) is 0.875. The maximum atomic E-state index is 11.6. The van der Waals surface area contributed by atoms with Gasteiger partial charge in [-0.2, -0.15) is 5.26 Å². The van der Waals surface area contributed by atoms with Crippen LogP contribution in [0.5, 0.6) is 0 Å². The van der Waals surface area contributed by atoms with E-state index in [4.69, 9.17) is 5.26 Å². The van der Waals surface area contributed by atoms with Crippen molar-refractivity contribution in [3.63, 3.8) is 0 Å². The van der Waals surface area contributed by atoms with Gasteiger partial charge in [0.1, 0.15) is 0 Å². The van der Waals surface area contributed by atoms with Crippen molar-refractivity contribution in [2.45, 2.75) is 25.7 Å². The number of hydrogen-bond acceptors (Lipinski definition) is 3. The van der Waals surface area contributed by atoms with E-state index in [1.54, 1.807) is 18.9 Å². The number of rotatable bonds is 5. The van der Waals surface area contributed by atoms with Crippen molar-refractivity contribution in [1.29, 1.82) is 5.26 Å². The van der Waals surface area contributed by atoms with Gasteiger partial charge >= 0.3 is 6.36 Å². The van der Waals surface area contributed by atoms with Gasteiger partial charge in [-0.15, -0.1) is 13.2 Å². The van der Waals surface area contributed by atoms with Crippen LogP contribution in [0.3, 0.4) is 0 Å². The molecule has 0 radical (unpaired) electrons. The van der Waals surface area contributed by atoms with Crippen LogP contribution in [0.25, 0.3) is 0 Å². The van der Waals surface area contributed by atoms with Crippen molar-refractivity contribution in [2.24, 2.45) is 0 Å². The van der Waals surface area contributed by atoms with E-state index in [1.165, 1.54) is 0 Å². The maximum Gasteiger partial charge on any atom is 0.522 e. The summed E-state index contributed by atoms with van der Waals surface area (Å²) in [6.45, 7) is 1.52. The Morgan fingerprint density at radius 2 is 2.07 bits per heavy atom. The van der Waals surface area contributed by atoms with E-state index in [1.807, 2.05) is 6.07 Å². The molecule has 0 N–H and O–H groups in total. The predicted octanol–water partition coefficient (Wildman–Crippen LogP) is 1.76. The van der Waals surface area contributed by atoms with Gasteiger partial charge < -0.3 is 4.90 Å². The smallest absolute Gasteiger partial charge is 0.300 e. The number of halogens is 3. The highest BCUT2D eigenvalue weighted by atomic mass is 19.4. The Hall–Kier alpha value is -0.800. The van der Waals surface area contributed by atoms with Gasteiger partial charge in [0.2, 0.25) is 0 Å². The third kappa shape index (κ3) is 6.69. The average molecular weight is 210 g/mol. The second-order valence-corrected chi connectivity index (χ2v) is 2.99. The van der Waals surface area contributed by atoms with Crippen molar-refractivity contribution >= 4 is 0 Å². The van der Waals surface area contributed by atoms with Crippen LogP contribution in [0.15, 0.2) is 0 Å². The lowest BCUT2D eigenvalue weighted by molar-refractivity contribution is -0.325. The third-order valence-electron chi connectivity index (χ3n) is 1.85. The highest BCUT2D eigenvalue weighted by Gasteiger charge is 2.28. The van der Waals surface area contributed by atoms with Gasteiger partial charge in [-0.3, -0.25) is 4.74 Å². The Balaban J connectivity index is 3.64. The van der Waals surface area contributed by atoms with Gasteiger partial charge in [0.05, 0.1) is 19.1 Å². The molecule has 3 nitrogen and oxygen atoms in total. The first kappa shape index (κ1) is 13.2. The lowest BCUT2D eigenvalue weighted by atomic mass is 10.2. The van der Waals surface area contributed by atoms with Crippen molar-refractivity contribution in [2.75, 3.05) is 20.2 Å². The number of alkyl halides is 3. The van der Waals surface area contributed by atoms with Crippen LogP contribution in [0, 0.1) is 11.3 Å². The predicted molar refractivity (Wildman–Crippen MR) is 44.3 cm³/mol. The van der Waals surface area contributed by atoms with E-state index in [9.17, 15) is 13.2 Å². The van der Waals surface area contributed by atoms with E-state index < -0.39 is 13.0 Å². The second kappa shape index (κ2) is 5.83. The average Bonchev–Trinajstić information content (AvgIpc) is 2.02. The number of nitriles is 1. The van der Waals surface area contributed by atoms with Gasteiger partial charge in [-0.25, -0.2) is 0 Å². The Kier molecular flexibility index (Phi) is 5.50. The molecule has 0 saturated carbocycles. The molecule has 0 aliphatic rings. The van der Waals surface area contributed by atoms with Crippen molar-refractivity contribution in [3.05, 3.63) is 0 Å². The van der Waals surface area contributed by atoms with Gasteiger partial charge in [-0.1, -0.05) is 0 Å². The zero-order chi connectivity index (χ0) is 11.2. The number of ether oxygens (including phenoxy) is 1. The summed E-state index contributed by atoms with van der Waals surface area (Å²) in [4.78, 5) is 1.65. The highest BCUT2D eigenvalue weighted by Crippen LogP contribution is 2.15. The zero-order valence-corrected chi connectivity index (χ0v) is 8.14. The van der Waals surface area contributed by atoms with Crippen molar-refractivity contribution in [1.82, 2.24) is 4.90 Å². The van der Waals surface area contributed by atoms with Gasteiger partial charge in [0, 0.05) is 12.6 Å². The monoisotopic (exact) mass is 210 g/mol. The Morgan fingerprint density at radius 3 is 2.50 bits per heavy atom. The molecule has 0 saturated heterocycles. The summed E-state index contributed by atoms with van der Waals surface area (Å²) < 4.78 is 38.3. The van der Waals surface area contributed by atoms with Crippen LogP contribution in [-0.2, 0) is 4.74 Å². The second-order valence-electron chi connectivity index (χ2n) is 2.99. The molecule has 0 aliphatic carbocycles. The summed E-state index contributed by atoms with van der Waals surface area (Å²) in [5, 5.41) is 8.35. The molecule has 1 unspecified atom stereocenters. The molecule has 0 heterocycles. The highest BCUT2D eigenvalue weighted by molar-refractivity contribution is 4.78. The molecule has 82 valence electrons. The summed E-state index contributed by atoms with van der Waals surface area (Å²) in [7, 11) is 1.65. The molecule has 0 aromatic carbocycles. The molecule has 14 heavy (non-hydrogen) atoms. The van der Waals surface area contributed by atoms with E-state index in [0.29, 0.717) is 6.42 Å². The molecule has 0 aromatic heterocycles. The van der Waals surface area contributed by atoms with Crippen LogP contribution in [0.4, 0.5) is 13.2 Å². The molecule has 0 aliphatic heterocycles. The fourth-order valence-electron chi connectivity index (χ4n) is 0.814. The lowest BCUT2D eigenvalue weighted by Gasteiger charge is -2.22. The molecular weight excluding hydrogens is 197 g/mol. The quantitative estimate of drug-likeness (QED) is 0.693. The van der Waals surface area contributed by atoms with E-state index >= 15 is 0 Å². The van der Waals surface area contributed by atoms with Gasteiger partial charge in [0.15, 0.2) is 0 Å². The molecule has 0 spiro atoms. The summed E-state index contributed by atoms with van der Waals surface area (Å²) in [6, 6.07) is 1.89. The maximum absolute atomic E-state index is 11.6. The van der Waals surface area contributed by atoms with Crippen LogP contribution in [0.2, 0.25) is 0 Å². The van der Waals surface area contributed by atoms with Crippen LogP contribution in [-0.4, -0.2) is 37.5 Å². The fourth-order valence-corrected chi connectivity index (χ4v) is 0.814. The molecule has 0 amide bonds.